The number of nitrogens with zero attached hydrogens (tertiary/aromatic N) is 1. The average molecular weight is 261 g/mol. The lowest BCUT2D eigenvalue weighted by atomic mass is 10.2. The van der Waals surface area contributed by atoms with E-state index < -0.39 is 0 Å². The number of aromatic nitrogens is 1. The van der Waals surface area contributed by atoms with Gasteiger partial charge in [0, 0.05) is 17.4 Å². The second kappa shape index (κ2) is 5.78. The molecule has 0 N–H and O–H groups in total. The fourth-order valence-electron chi connectivity index (χ4n) is 1.46. The Labute approximate surface area is 110 Å². The maximum Gasteiger partial charge on any atom is 0.305 e. The largest absolute Gasteiger partial charge is 0.459 e. The van der Waals surface area contributed by atoms with Crippen molar-refractivity contribution in [3.8, 4) is 10.6 Å². The number of hydrogen-bond donors (Lipinski definition) is 0. The molecule has 0 amide bonds. The maximum atomic E-state index is 11.1. The highest BCUT2D eigenvalue weighted by atomic mass is 32.1. The van der Waals surface area contributed by atoms with Crippen LogP contribution in [-0.2, 0) is 16.1 Å². The number of thiazole rings is 1. The number of carbonyl (C=O) groups excluding carboxylic acids is 1. The van der Waals surface area contributed by atoms with Gasteiger partial charge in [-0.05, 0) is 6.92 Å². The normalized spacial score (nSPS) is 10.3. The van der Waals surface area contributed by atoms with Crippen LogP contribution >= 0.6 is 11.3 Å². The van der Waals surface area contributed by atoms with E-state index in [2.05, 4.69) is 36.2 Å². The first kappa shape index (κ1) is 12.8. The molecule has 0 aliphatic carbocycles. The average Bonchev–Trinajstić information content (AvgIpc) is 2.85. The molecule has 94 valence electrons. The molecule has 4 heteroatoms. The summed E-state index contributed by atoms with van der Waals surface area (Å²) in [5.41, 5.74) is 3.13. The molecule has 1 aromatic carbocycles. The molecule has 2 rings (SSSR count). The van der Waals surface area contributed by atoms with Gasteiger partial charge in [-0.2, -0.15) is 0 Å². The SMILES string of the molecule is CCC(=O)OCc1csc(-c2ccc(C)cc2)n1. The van der Waals surface area contributed by atoms with Crippen LogP contribution in [0.2, 0.25) is 0 Å². The smallest absolute Gasteiger partial charge is 0.305 e. The fraction of sp³-hybridized carbons (Fsp3) is 0.286. The van der Waals surface area contributed by atoms with Gasteiger partial charge in [0.25, 0.3) is 0 Å². The molecule has 0 atom stereocenters. The second-order valence-corrected chi connectivity index (χ2v) is 4.88. The molecule has 0 spiro atoms. The molecule has 0 radical (unpaired) electrons. The summed E-state index contributed by atoms with van der Waals surface area (Å²) < 4.78 is 5.05. The predicted molar refractivity (Wildman–Crippen MR) is 72.4 cm³/mol. The molecule has 0 saturated carbocycles. The molecule has 0 aliphatic heterocycles. The highest BCUT2D eigenvalue weighted by molar-refractivity contribution is 7.13. The van der Waals surface area contributed by atoms with E-state index in [9.17, 15) is 4.79 Å². The number of aryl methyl sites for hydroxylation is 1. The summed E-state index contributed by atoms with van der Waals surface area (Å²) in [5, 5.41) is 2.88. The number of carbonyl (C=O) groups is 1. The third-order valence-electron chi connectivity index (χ3n) is 2.52. The van der Waals surface area contributed by atoms with Crippen molar-refractivity contribution in [2.45, 2.75) is 26.9 Å². The van der Waals surface area contributed by atoms with Gasteiger partial charge in [0.05, 0.1) is 5.69 Å². The number of ether oxygens (including phenoxy) is 1. The molecule has 0 unspecified atom stereocenters. The molecular formula is C14H15NO2S. The minimum absolute atomic E-state index is 0.195. The zero-order chi connectivity index (χ0) is 13.0. The minimum atomic E-state index is -0.195. The van der Waals surface area contributed by atoms with Crippen LogP contribution in [0, 0.1) is 6.92 Å². The van der Waals surface area contributed by atoms with Crippen LogP contribution < -0.4 is 0 Å². The summed E-state index contributed by atoms with van der Waals surface area (Å²) in [4.78, 5) is 15.5. The summed E-state index contributed by atoms with van der Waals surface area (Å²) in [6.45, 7) is 4.09. The Morgan fingerprint density at radius 2 is 2.06 bits per heavy atom. The lowest BCUT2D eigenvalue weighted by Gasteiger charge is -1.99. The fourth-order valence-corrected chi connectivity index (χ4v) is 2.27. The van der Waals surface area contributed by atoms with Gasteiger partial charge in [-0.3, -0.25) is 4.79 Å². The number of hydrogen-bond acceptors (Lipinski definition) is 4. The standard InChI is InChI=1S/C14H15NO2S/c1-3-13(16)17-8-12-9-18-14(15-12)11-6-4-10(2)5-7-11/h4-7,9H,3,8H2,1-2H3. The molecule has 1 aromatic heterocycles. The first-order valence-corrected chi connectivity index (χ1v) is 6.74. The number of rotatable bonds is 4. The van der Waals surface area contributed by atoms with Crippen LogP contribution in [-0.4, -0.2) is 11.0 Å². The maximum absolute atomic E-state index is 11.1. The lowest BCUT2D eigenvalue weighted by molar-refractivity contribution is -0.144. The topological polar surface area (TPSA) is 39.2 Å². The van der Waals surface area contributed by atoms with E-state index in [0.717, 1.165) is 16.3 Å². The van der Waals surface area contributed by atoms with Crippen LogP contribution in [0.25, 0.3) is 10.6 Å². The summed E-state index contributed by atoms with van der Waals surface area (Å²) in [6.07, 6.45) is 0.398. The van der Waals surface area contributed by atoms with Crippen molar-refractivity contribution in [2.75, 3.05) is 0 Å². The Bertz CT molecular complexity index is 531. The Balaban J connectivity index is 2.06. The molecule has 1 heterocycles. The van der Waals surface area contributed by atoms with E-state index >= 15 is 0 Å². The highest BCUT2D eigenvalue weighted by Gasteiger charge is 2.06. The molecular weight excluding hydrogens is 246 g/mol. The van der Waals surface area contributed by atoms with Crippen molar-refractivity contribution in [3.05, 3.63) is 40.9 Å². The van der Waals surface area contributed by atoms with E-state index in [0.29, 0.717) is 6.42 Å². The van der Waals surface area contributed by atoms with Gasteiger partial charge >= 0.3 is 5.97 Å². The molecule has 3 nitrogen and oxygen atoms in total. The zero-order valence-corrected chi connectivity index (χ0v) is 11.3. The highest BCUT2D eigenvalue weighted by Crippen LogP contribution is 2.24. The molecule has 18 heavy (non-hydrogen) atoms. The number of esters is 1. The first-order chi connectivity index (χ1) is 8.69. The quantitative estimate of drug-likeness (QED) is 0.790. The third-order valence-corrected chi connectivity index (χ3v) is 3.46. The predicted octanol–water partition coefficient (Wildman–Crippen LogP) is 3.57. The minimum Gasteiger partial charge on any atom is -0.459 e. The van der Waals surface area contributed by atoms with Gasteiger partial charge in [-0.15, -0.1) is 11.3 Å². The van der Waals surface area contributed by atoms with Crippen molar-refractivity contribution in [2.24, 2.45) is 0 Å². The second-order valence-electron chi connectivity index (χ2n) is 4.02. The molecule has 0 bridgehead atoms. The summed E-state index contributed by atoms with van der Waals surface area (Å²) >= 11 is 1.57. The van der Waals surface area contributed by atoms with Gasteiger partial charge in [0.1, 0.15) is 11.6 Å². The van der Waals surface area contributed by atoms with E-state index in [4.69, 9.17) is 4.74 Å². The van der Waals surface area contributed by atoms with E-state index in [1.165, 1.54) is 5.56 Å². The van der Waals surface area contributed by atoms with Gasteiger partial charge in [-0.1, -0.05) is 36.8 Å². The van der Waals surface area contributed by atoms with Gasteiger partial charge in [-0.25, -0.2) is 4.98 Å². The van der Waals surface area contributed by atoms with Crippen molar-refractivity contribution >= 4 is 17.3 Å². The van der Waals surface area contributed by atoms with E-state index in [-0.39, 0.29) is 12.6 Å². The molecule has 0 saturated heterocycles. The molecule has 0 aliphatic rings. The summed E-state index contributed by atoms with van der Waals surface area (Å²) in [5.74, 6) is -0.195. The van der Waals surface area contributed by atoms with Crippen molar-refractivity contribution in [1.82, 2.24) is 4.98 Å². The van der Waals surface area contributed by atoms with Crippen LogP contribution in [0.15, 0.2) is 29.6 Å². The van der Waals surface area contributed by atoms with Crippen molar-refractivity contribution < 1.29 is 9.53 Å². The molecule has 0 fully saturated rings. The third kappa shape index (κ3) is 3.17. The Kier molecular flexibility index (Phi) is 4.10. The Morgan fingerprint density at radius 3 is 2.72 bits per heavy atom. The van der Waals surface area contributed by atoms with Crippen molar-refractivity contribution in [3.63, 3.8) is 0 Å². The van der Waals surface area contributed by atoms with Gasteiger partial charge in [0.15, 0.2) is 0 Å². The zero-order valence-electron chi connectivity index (χ0n) is 10.5. The summed E-state index contributed by atoms with van der Waals surface area (Å²) in [6, 6.07) is 8.23. The van der Waals surface area contributed by atoms with E-state index in [1.54, 1.807) is 18.3 Å². The van der Waals surface area contributed by atoms with Crippen LogP contribution in [0.1, 0.15) is 24.6 Å². The Hall–Kier alpha value is -1.68. The Morgan fingerprint density at radius 1 is 1.33 bits per heavy atom. The summed E-state index contributed by atoms with van der Waals surface area (Å²) in [7, 11) is 0. The molecule has 2 aromatic rings. The van der Waals surface area contributed by atoms with Gasteiger partial charge in [0.2, 0.25) is 0 Å². The lowest BCUT2D eigenvalue weighted by Crippen LogP contribution is -2.02. The van der Waals surface area contributed by atoms with Crippen LogP contribution in [0.4, 0.5) is 0 Å². The van der Waals surface area contributed by atoms with Crippen LogP contribution in [0.5, 0.6) is 0 Å². The monoisotopic (exact) mass is 261 g/mol. The van der Waals surface area contributed by atoms with Crippen molar-refractivity contribution in [1.29, 1.82) is 0 Å². The van der Waals surface area contributed by atoms with E-state index in [1.807, 2.05) is 5.38 Å². The number of benzene rings is 1. The first-order valence-electron chi connectivity index (χ1n) is 5.86. The van der Waals surface area contributed by atoms with Crippen LogP contribution in [0.3, 0.4) is 0 Å². The van der Waals surface area contributed by atoms with Gasteiger partial charge < -0.3 is 4.74 Å².